The average Bonchev–Trinajstić information content (AvgIpc) is 2.20. The molecule has 0 rings (SSSR count). The number of hydrogen-bond donors (Lipinski definition) is 0. The van der Waals surface area contributed by atoms with Crippen LogP contribution in [0.3, 0.4) is 0 Å². The zero-order valence-corrected chi connectivity index (χ0v) is 9.80. The van der Waals surface area contributed by atoms with E-state index in [4.69, 9.17) is 4.74 Å². The first-order valence-electron chi connectivity index (χ1n) is 6.05. The van der Waals surface area contributed by atoms with E-state index >= 15 is 0 Å². The summed E-state index contributed by atoms with van der Waals surface area (Å²) < 4.78 is 5.15. The molecule has 0 radical (unpaired) electrons. The van der Waals surface area contributed by atoms with E-state index in [-0.39, 0.29) is 13.0 Å². The van der Waals surface area contributed by atoms with Crippen molar-refractivity contribution in [1.82, 2.24) is 0 Å². The highest BCUT2D eigenvalue weighted by molar-refractivity contribution is 5.64. The van der Waals surface area contributed by atoms with Crippen LogP contribution in [0.1, 0.15) is 58.3 Å². The number of carbonyl (C=O) groups is 1. The van der Waals surface area contributed by atoms with Gasteiger partial charge in [-0.25, -0.2) is 0 Å². The summed E-state index contributed by atoms with van der Waals surface area (Å²) >= 11 is 0. The van der Waals surface area contributed by atoms with Gasteiger partial charge in [0.15, 0.2) is 0 Å². The summed E-state index contributed by atoms with van der Waals surface area (Å²) in [7, 11) is 0. The van der Waals surface area contributed by atoms with Crippen LogP contribution in [0.15, 0.2) is 0 Å². The van der Waals surface area contributed by atoms with Gasteiger partial charge in [-0.2, -0.15) is 0 Å². The molecule has 0 spiro atoms. The molecule has 0 atom stereocenters. The van der Waals surface area contributed by atoms with E-state index in [1.165, 1.54) is 38.5 Å². The second-order valence-electron chi connectivity index (χ2n) is 3.86. The minimum atomic E-state index is -1.03. The predicted molar refractivity (Wildman–Crippen MR) is 58.4 cm³/mol. The maximum absolute atomic E-state index is 10.0. The fourth-order valence-corrected chi connectivity index (χ4v) is 1.42. The lowest BCUT2D eigenvalue weighted by Gasteiger charge is -2.04. The van der Waals surface area contributed by atoms with Crippen LogP contribution in [0.4, 0.5) is 0 Å². The number of carbonyl (C=O) groups excluding carboxylic acids is 1. The Bertz CT molecular complexity index is 146. The summed E-state index contributed by atoms with van der Waals surface area (Å²) in [5, 5.41) is 10.0. The standard InChI is InChI=1S/C12H24O3/c1-2-3-4-5-6-7-8-10-15-11-9-12(13)14/h2-11H2,1H3,(H,13,14)/p-1. The molecule has 0 saturated carbocycles. The van der Waals surface area contributed by atoms with E-state index in [9.17, 15) is 9.90 Å². The van der Waals surface area contributed by atoms with Gasteiger partial charge < -0.3 is 14.6 Å². The Morgan fingerprint density at radius 1 is 1.00 bits per heavy atom. The van der Waals surface area contributed by atoms with Crippen molar-refractivity contribution in [1.29, 1.82) is 0 Å². The topological polar surface area (TPSA) is 49.4 Å². The predicted octanol–water partition coefficient (Wildman–Crippen LogP) is 1.89. The lowest BCUT2D eigenvalue weighted by Crippen LogP contribution is -2.23. The Hall–Kier alpha value is -0.570. The summed E-state index contributed by atoms with van der Waals surface area (Å²) in [5.41, 5.74) is 0. The van der Waals surface area contributed by atoms with Gasteiger partial charge in [-0.1, -0.05) is 45.4 Å². The highest BCUT2D eigenvalue weighted by Gasteiger charge is 1.92. The Morgan fingerprint density at radius 2 is 1.60 bits per heavy atom. The molecular weight excluding hydrogens is 192 g/mol. The van der Waals surface area contributed by atoms with Crippen LogP contribution in [0.25, 0.3) is 0 Å². The second kappa shape index (κ2) is 11.5. The number of hydrogen-bond acceptors (Lipinski definition) is 3. The molecule has 0 bridgehead atoms. The van der Waals surface area contributed by atoms with E-state index in [2.05, 4.69) is 6.92 Å². The fourth-order valence-electron chi connectivity index (χ4n) is 1.42. The van der Waals surface area contributed by atoms with E-state index < -0.39 is 5.97 Å². The first-order chi connectivity index (χ1) is 7.27. The molecule has 0 N–H and O–H groups in total. The molecule has 0 aromatic rings. The van der Waals surface area contributed by atoms with Crippen LogP contribution < -0.4 is 5.11 Å². The van der Waals surface area contributed by atoms with Gasteiger partial charge >= 0.3 is 0 Å². The van der Waals surface area contributed by atoms with Gasteiger partial charge in [0.25, 0.3) is 0 Å². The molecule has 3 nitrogen and oxygen atoms in total. The van der Waals surface area contributed by atoms with Gasteiger partial charge in [0.1, 0.15) is 0 Å². The Balaban J connectivity index is 2.89. The minimum absolute atomic E-state index is 0.0104. The van der Waals surface area contributed by atoms with Gasteiger partial charge in [-0.3, -0.25) is 0 Å². The zero-order chi connectivity index (χ0) is 11.4. The first kappa shape index (κ1) is 14.4. The van der Waals surface area contributed by atoms with Crippen LogP contribution in [-0.2, 0) is 9.53 Å². The minimum Gasteiger partial charge on any atom is -0.550 e. The monoisotopic (exact) mass is 215 g/mol. The third-order valence-corrected chi connectivity index (χ3v) is 2.34. The van der Waals surface area contributed by atoms with Crippen LogP contribution in [-0.4, -0.2) is 19.2 Å². The molecule has 0 heterocycles. The number of carboxylic acids is 1. The second-order valence-corrected chi connectivity index (χ2v) is 3.86. The Labute approximate surface area is 92.8 Å². The first-order valence-corrected chi connectivity index (χ1v) is 6.05. The maximum Gasteiger partial charge on any atom is 0.0518 e. The number of ether oxygens (including phenoxy) is 1. The molecule has 0 aliphatic carbocycles. The van der Waals surface area contributed by atoms with E-state index in [1.54, 1.807) is 0 Å². The summed E-state index contributed by atoms with van der Waals surface area (Å²) in [6.07, 6.45) is 8.78. The number of rotatable bonds is 11. The lowest BCUT2D eigenvalue weighted by atomic mass is 10.1. The normalized spacial score (nSPS) is 10.5. The van der Waals surface area contributed by atoms with E-state index in [0.717, 1.165) is 6.42 Å². The molecule has 15 heavy (non-hydrogen) atoms. The molecule has 0 fully saturated rings. The largest absolute Gasteiger partial charge is 0.550 e. The Kier molecular flexibility index (Phi) is 11.1. The van der Waals surface area contributed by atoms with E-state index in [1.807, 2.05) is 0 Å². The van der Waals surface area contributed by atoms with Crippen molar-refractivity contribution in [3.8, 4) is 0 Å². The maximum atomic E-state index is 10.0. The molecule has 90 valence electrons. The van der Waals surface area contributed by atoms with Crippen LogP contribution >= 0.6 is 0 Å². The van der Waals surface area contributed by atoms with Crippen molar-refractivity contribution in [2.75, 3.05) is 13.2 Å². The van der Waals surface area contributed by atoms with Crippen molar-refractivity contribution in [3.05, 3.63) is 0 Å². The third-order valence-electron chi connectivity index (χ3n) is 2.34. The molecule has 0 amide bonds. The summed E-state index contributed by atoms with van der Waals surface area (Å²) in [5.74, 6) is -1.03. The van der Waals surface area contributed by atoms with Crippen molar-refractivity contribution < 1.29 is 14.6 Å². The van der Waals surface area contributed by atoms with Crippen LogP contribution in [0.5, 0.6) is 0 Å². The van der Waals surface area contributed by atoms with Gasteiger partial charge in [0, 0.05) is 19.0 Å². The number of aliphatic carboxylic acids is 1. The molecular formula is C12H23O3-. The van der Waals surface area contributed by atoms with Crippen LogP contribution in [0.2, 0.25) is 0 Å². The van der Waals surface area contributed by atoms with Gasteiger partial charge in [-0.15, -0.1) is 0 Å². The number of unbranched alkanes of at least 4 members (excludes halogenated alkanes) is 6. The van der Waals surface area contributed by atoms with Crippen molar-refractivity contribution >= 4 is 5.97 Å². The lowest BCUT2D eigenvalue weighted by molar-refractivity contribution is -0.306. The highest BCUT2D eigenvalue weighted by atomic mass is 16.5. The molecule has 0 saturated heterocycles. The molecule has 3 heteroatoms. The van der Waals surface area contributed by atoms with E-state index in [0.29, 0.717) is 6.61 Å². The van der Waals surface area contributed by atoms with Crippen molar-refractivity contribution in [3.63, 3.8) is 0 Å². The SMILES string of the molecule is CCCCCCCCCOCCC(=O)[O-]. The number of carboxylic acid groups (broad SMARTS) is 1. The summed E-state index contributed by atoms with van der Waals surface area (Å²) in [6.45, 7) is 3.18. The quantitative estimate of drug-likeness (QED) is 0.494. The summed E-state index contributed by atoms with van der Waals surface area (Å²) in [6, 6.07) is 0. The smallest absolute Gasteiger partial charge is 0.0518 e. The third kappa shape index (κ3) is 13.4. The van der Waals surface area contributed by atoms with Crippen molar-refractivity contribution in [2.24, 2.45) is 0 Å². The summed E-state index contributed by atoms with van der Waals surface area (Å²) in [4.78, 5) is 10.0. The molecule has 0 aliphatic rings. The molecule has 0 aromatic heterocycles. The molecule has 0 aromatic carbocycles. The van der Waals surface area contributed by atoms with Crippen molar-refractivity contribution in [2.45, 2.75) is 58.3 Å². The van der Waals surface area contributed by atoms with Gasteiger partial charge in [0.05, 0.1) is 6.61 Å². The average molecular weight is 215 g/mol. The fraction of sp³-hybridized carbons (Fsp3) is 0.917. The Morgan fingerprint density at radius 3 is 2.20 bits per heavy atom. The molecule has 0 aliphatic heterocycles. The van der Waals surface area contributed by atoms with Crippen LogP contribution in [0, 0.1) is 0 Å². The highest BCUT2D eigenvalue weighted by Crippen LogP contribution is 2.06. The zero-order valence-electron chi connectivity index (χ0n) is 9.80. The molecule has 0 unspecified atom stereocenters. The van der Waals surface area contributed by atoms with Gasteiger partial charge in [-0.05, 0) is 6.42 Å². The van der Waals surface area contributed by atoms with Gasteiger partial charge in [0.2, 0.25) is 0 Å².